The van der Waals surface area contributed by atoms with Crippen LogP contribution in [-0.4, -0.2) is 27.5 Å². The summed E-state index contributed by atoms with van der Waals surface area (Å²) in [7, 11) is -2.97. The van der Waals surface area contributed by atoms with Gasteiger partial charge in [0.25, 0.3) is 10.0 Å². The molecule has 20 heavy (non-hydrogen) atoms. The highest BCUT2D eigenvalue weighted by Crippen LogP contribution is 2.16. The Kier molecular flexibility index (Phi) is 5.09. The highest BCUT2D eigenvalue weighted by atomic mass is 32.2. The quantitative estimate of drug-likeness (QED) is 0.873. The monoisotopic (exact) mass is 300 g/mol. The number of hydrogen-bond acceptors (Lipinski definition) is 5. The van der Waals surface area contributed by atoms with Gasteiger partial charge in [0, 0.05) is 11.6 Å². The molecular formula is C12H16N2O5S. The normalized spacial score (nSPS) is 11.0. The lowest BCUT2D eigenvalue weighted by Crippen LogP contribution is -2.30. The largest absolute Gasteiger partial charge is 0.452 e. The smallest absolute Gasteiger partial charge is 0.420 e. The van der Waals surface area contributed by atoms with E-state index in [1.807, 2.05) is 0 Å². The van der Waals surface area contributed by atoms with Crippen LogP contribution in [0.5, 0.6) is 0 Å². The zero-order chi connectivity index (χ0) is 15.3. The van der Waals surface area contributed by atoms with E-state index in [0.29, 0.717) is 5.69 Å². The summed E-state index contributed by atoms with van der Waals surface area (Å²) in [5, 5.41) is 2.57. The summed E-state index contributed by atoms with van der Waals surface area (Å²) in [5.74, 6) is -0.469. The van der Waals surface area contributed by atoms with E-state index in [2.05, 4.69) is 10.1 Å². The first kappa shape index (κ1) is 16.0. The fourth-order valence-corrected chi connectivity index (χ4v) is 2.20. The summed E-state index contributed by atoms with van der Waals surface area (Å²) in [5.41, 5.74) is 0.330. The number of nitrogens with one attached hydrogen (secondary N) is 2. The van der Waals surface area contributed by atoms with Crippen molar-refractivity contribution in [3.05, 3.63) is 24.3 Å². The van der Waals surface area contributed by atoms with Gasteiger partial charge in [-0.1, -0.05) is 19.9 Å². The van der Waals surface area contributed by atoms with Gasteiger partial charge in [0.2, 0.25) is 5.91 Å². The number of rotatable bonds is 4. The van der Waals surface area contributed by atoms with Crippen molar-refractivity contribution < 1.29 is 22.7 Å². The lowest BCUT2D eigenvalue weighted by molar-refractivity contribution is -0.118. The van der Waals surface area contributed by atoms with Crippen LogP contribution < -0.4 is 10.0 Å². The number of ether oxygens (including phenoxy) is 1. The number of carbonyl (C=O) groups excluding carboxylic acids is 2. The Morgan fingerprint density at radius 1 is 1.25 bits per heavy atom. The molecule has 0 radical (unpaired) electrons. The van der Waals surface area contributed by atoms with Crippen LogP contribution in [0.4, 0.5) is 10.5 Å². The SMILES string of the molecule is COC(=O)NS(=O)(=O)c1cccc(NC(=O)C(C)C)c1. The maximum absolute atomic E-state index is 11.8. The van der Waals surface area contributed by atoms with Crippen molar-refractivity contribution in [1.82, 2.24) is 4.72 Å². The summed E-state index contributed by atoms with van der Waals surface area (Å²) < 4.78 is 29.7. The number of amides is 2. The van der Waals surface area contributed by atoms with E-state index in [4.69, 9.17) is 0 Å². The number of hydrogen-bond donors (Lipinski definition) is 2. The highest BCUT2D eigenvalue weighted by Gasteiger charge is 2.18. The molecule has 0 aliphatic carbocycles. The van der Waals surface area contributed by atoms with Gasteiger partial charge < -0.3 is 10.1 Å². The number of anilines is 1. The number of carbonyl (C=O) groups is 2. The van der Waals surface area contributed by atoms with Gasteiger partial charge in [0.1, 0.15) is 0 Å². The molecule has 0 unspecified atom stereocenters. The van der Waals surface area contributed by atoms with Crippen molar-refractivity contribution in [2.45, 2.75) is 18.7 Å². The van der Waals surface area contributed by atoms with Gasteiger partial charge in [0.05, 0.1) is 12.0 Å². The fraction of sp³-hybridized carbons (Fsp3) is 0.333. The third-order valence-electron chi connectivity index (χ3n) is 2.34. The van der Waals surface area contributed by atoms with E-state index in [0.717, 1.165) is 7.11 Å². The van der Waals surface area contributed by atoms with Crippen molar-refractivity contribution in [1.29, 1.82) is 0 Å². The molecule has 1 aromatic carbocycles. The van der Waals surface area contributed by atoms with Crippen LogP contribution in [0.15, 0.2) is 29.2 Å². The van der Waals surface area contributed by atoms with Crippen LogP contribution in [0.3, 0.4) is 0 Å². The second kappa shape index (κ2) is 6.38. The Morgan fingerprint density at radius 2 is 1.90 bits per heavy atom. The molecule has 0 aliphatic rings. The van der Waals surface area contributed by atoms with Crippen LogP contribution >= 0.6 is 0 Å². The Balaban J connectivity index is 2.98. The average molecular weight is 300 g/mol. The molecule has 0 fully saturated rings. The molecule has 0 saturated heterocycles. The minimum Gasteiger partial charge on any atom is -0.452 e. The zero-order valence-electron chi connectivity index (χ0n) is 11.3. The predicted octanol–water partition coefficient (Wildman–Crippen LogP) is 1.33. The molecule has 0 aliphatic heterocycles. The molecule has 0 saturated carbocycles. The first-order valence-corrected chi connectivity index (χ1v) is 7.26. The first-order chi connectivity index (χ1) is 9.26. The molecule has 0 heterocycles. The Bertz CT molecular complexity index is 610. The molecular weight excluding hydrogens is 284 g/mol. The molecule has 0 atom stereocenters. The van der Waals surface area contributed by atoms with Crippen molar-refractivity contribution in [2.75, 3.05) is 12.4 Å². The maximum atomic E-state index is 11.8. The number of methoxy groups -OCH3 is 1. The summed E-state index contributed by atoms with van der Waals surface area (Å²) in [6, 6.07) is 5.57. The van der Waals surface area contributed by atoms with Crippen LogP contribution in [0.2, 0.25) is 0 Å². The number of benzene rings is 1. The van der Waals surface area contributed by atoms with Gasteiger partial charge in [-0.25, -0.2) is 17.9 Å². The minimum atomic E-state index is -4.03. The third kappa shape index (κ3) is 4.23. The zero-order valence-corrected chi connectivity index (χ0v) is 12.2. The van der Waals surface area contributed by atoms with Crippen LogP contribution in [-0.2, 0) is 19.6 Å². The maximum Gasteiger partial charge on any atom is 0.420 e. The molecule has 2 N–H and O–H groups in total. The van der Waals surface area contributed by atoms with E-state index in [-0.39, 0.29) is 16.7 Å². The standard InChI is InChI=1S/C12H16N2O5S/c1-8(2)11(15)13-9-5-4-6-10(7-9)20(17,18)14-12(16)19-3/h4-8H,1-3H3,(H,13,15)(H,14,16). The molecule has 0 bridgehead atoms. The van der Waals surface area contributed by atoms with Crippen molar-refractivity contribution >= 4 is 27.7 Å². The Hall–Kier alpha value is -2.09. The first-order valence-electron chi connectivity index (χ1n) is 5.78. The molecule has 1 aromatic rings. The highest BCUT2D eigenvalue weighted by molar-refractivity contribution is 7.90. The summed E-state index contributed by atoms with van der Waals surface area (Å²) in [6.45, 7) is 3.43. The minimum absolute atomic E-state index is 0.149. The molecule has 110 valence electrons. The summed E-state index contributed by atoms with van der Waals surface area (Å²) in [4.78, 5) is 22.4. The van der Waals surface area contributed by atoms with Crippen LogP contribution in [0.25, 0.3) is 0 Å². The van der Waals surface area contributed by atoms with Gasteiger partial charge in [-0.3, -0.25) is 4.79 Å². The second-order valence-corrected chi connectivity index (χ2v) is 5.95. The van der Waals surface area contributed by atoms with Gasteiger partial charge in [-0.2, -0.15) is 0 Å². The van der Waals surface area contributed by atoms with Crippen molar-refractivity contribution in [3.8, 4) is 0 Å². The summed E-state index contributed by atoms with van der Waals surface area (Å²) in [6.07, 6.45) is -1.08. The molecule has 8 heteroatoms. The van der Waals surface area contributed by atoms with Gasteiger partial charge in [-0.15, -0.1) is 0 Å². The van der Waals surface area contributed by atoms with E-state index >= 15 is 0 Å². The van der Waals surface area contributed by atoms with E-state index in [1.54, 1.807) is 24.6 Å². The topological polar surface area (TPSA) is 102 Å². The van der Waals surface area contributed by atoms with Crippen LogP contribution in [0.1, 0.15) is 13.8 Å². The fourth-order valence-electron chi connectivity index (χ4n) is 1.24. The van der Waals surface area contributed by atoms with Gasteiger partial charge >= 0.3 is 6.09 Å². The van der Waals surface area contributed by atoms with Crippen LogP contribution in [0, 0.1) is 5.92 Å². The lowest BCUT2D eigenvalue weighted by atomic mass is 10.2. The number of sulfonamides is 1. The Morgan fingerprint density at radius 3 is 2.45 bits per heavy atom. The lowest BCUT2D eigenvalue weighted by Gasteiger charge is -2.10. The van der Waals surface area contributed by atoms with Crippen molar-refractivity contribution in [2.24, 2.45) is 5.92 Å². The molecule has 0 aromatic heterocycles. The van der Waals surface area contributed by atoms with E-state index < -0.39 is 16.1 Å². The molecule has 1 rings (SSSR count). The summed E-state index contributed by atoms with van der Waals surface area (Å²) >= 11 is 0. The van der Waals surface area contributed by atoms with Gasteiger partial charge in [0.15, 0.2) is 0 Å². The van der Waals surface area contributed by atoms with E-state index in [9.17, 15) is 18.0 Å². The van der Waals surface area contributed by atoms with Gasteiger partial charge in [-0.05, 0) is 18.2 Å². The Labute approximate surface area is 117 Å². The molecule has 7 nitrogen and oxygen atoms in total. The second-order valence-electron chi connectivity index (χ2n) is 4.27. The molecule has 0 spiro atoms. The molecule has 2 amide bonds. The van der Waals surface area contributed by atoms with E-state index in [1.165, 1.54) is 18.2 Å². The third-order valence-corrected chi connectivity index (χ3v) is 3.65. The predicted molar refractivity (Wildman–Crippen MR) is 72.6 cm³/mol. The average Bonchev–Trinajstić information content (AvgIpc) is 2.38. The van der Waals surface area contributed by atoms with Crippen molar-refractivity contribution in [3.63, 3.8) is 0 Å².